The Bertz CT molecular complexity index is 3740. The molecule has 0 spiro atoms. The average molecular weight is 789 g/mol. The summed E-state index contributed by atoms with van der Waals surface area (Å²) in [5.74, 6) is 0.691. The molecular formula is C58H36N4. The van der Waals surface area contributed by atoms with Crippen LogP contribution in [0.5, 0.6) is 0 Å². The molecule has 0 amide bonds. The molecular weight excluding hydrogens is 753 g/mol. The molecule has 0 unspecified atom stereocenters. The van der Waals surface area contributed by atoms with Gasteiger partial charge in [-0.1, -0.05) is 164 Å². The van der Waals surface area contributed by atoms with Crippen molar-refractivity contribution in [1.82, 2.24) is 19.1 Å². The van der Waals surface area contributed by atoms with Crippen molar-refractivity contribution in [3.63, 3.8) is 0 Å². The molecule has 1 aliphatic carbocycles. The van der Waals surface area contributed by atoms with E-state index < -0.39 is 0 Å². The zero-order valence-electron chi connectivity index (χ0n) is 33.6. The number of aromatic nitrogens is 4. The topological polar surface area (TPSA) is 35.6 Å². The minimum Gasteiger partial charge on any atom is -0.309 e. The molecule has 0 saturated heterocycles. The van der Waals surface area contributed by atoms with E-state index in [-0.39, 0.29) is 0 Å². The maximum absolute atomic E-state index is 5.45. The summed E-state index contributed by atoms with van der Waals surface area (Å²) in [5, 5.41) is 4.94. The monoisotopic (exact) mass is 788 g/mol. The molecule has 0 aliphatic heterocycles. The SMILES string of the molecule is c1ccc(-c2ccc(-n3c4ccccc4c4c5c6ccccc6n(-c6cccc(-c7ncc8c(n7)-c7ccccc7-c7ccccc7-c7ccccc7-8)c6)c5ccc43)cc2)cc1. The second-order valence-corrected chi connectivity index (χ2v) is 16.1. The lowest BCUT2D eigenvalue weighted by Crippen LogP contribution is -2.01. The van der Waals surface area contributed by atoms with Gasteiger partial charge in [-0.25, -0.2) is 9.97 Å². The van der Waals surface area contributed by atoms with Gasteiger partial charge in [-0.05, 0) is 87.5 Å². The van der Waals surface area contributed by atoms with Gasteiger partial charge < -0.3 is 9.13 Å². The third-order valence-corrected chi connectivity index (χ3v) is 12.8. The number of nitrogens with zero attached hydrogens (tertiary/aromatic N) is 4. The predicted molar refractivity (Wildman–Crippen MR) is 257 cm³/mol. The van der Waals surface area contributed by atoms with E-state index >= 15 is 0 Å². The number of hydrogen-bond acceptors (Lipinski definition) is 2. The Hall–Kier alpha value is -8.34. The fraction of sp³-hybridized carbons (Fsp3) is 0. The molecule has 4 nitrogen and oxygen atoms in total. The van der Waals surface area contributed by atoms with Gasteiger partial charge in [0, 0.05) is 55.8 Å². The average Bonchev–Trinajstić information content (AvgIpc) is 3.87. The maximum Gasteiger partial charge on any atom is 0.159 e. The first kappa shape index (κ1) is 34.5. The molecule has 9 aromatic carbocycles. The summed E-state index contributed by atoms with van der Waals surface area (Å²) in [4.78, 5) is 10.6. The third kappa shape index (κ3) is 5.14. The highest BCUT2D eigenvalue weighted by Gasteiger charge is 2.25. The first-order valence-corrected chi connectivity index (χ1v) is 21.2. The number of rotatable bonds is 4. The van der Waals surface area contributed by atoms with Crippen LogP contribution in [0.3, 0.4) is 0 Å². The van der Waals surface area contributed by atoms with E-state index in [0.29, 0.717) is 5.82 Å². The number of benzene rings is 9. The molecule has 0 N–H and O–H groups in total. The fourth-order valence-electron chi connectivity index (χ4n) is 10.0. The number of fused-ring (bicyclic) bond motifs is 15. The Balaban J connectivity index is 0.992. The highest BCUT2D eigenvalue weighted by molar-refractivity contribution is 6.29. The number of para-hydroxylation sites is 2. The van der Waals surface area contributed by atoms with Gasteiger partial charge in [-0.2, -0.15) is 0 Å². The second-order valence-electron chi connectivity index (χ2n) is 16.1. The van der Waals surface area contributed by atoms with E-state index in [4.69, 9.17) is 9.97 Å². The normalized spacial score (nSPS) is 11.9. The minimum absolute atomic E-state index is 0.691. The summed E-state index contributed by atoms with van der Waals surface area (Å²) in [6.07, 6.45) is 2.02. The zero-order valence-corrected chi connectivity index (χ0v) is 33.6. The van der Waals surface area contributed by atoms with Gasteiger partial charge in [0.15, 0.2) is 5.82 Å². The molecule has 3 aromatic heterocycles. The Kier molecular flexibility index (Phi) is 7.57. The second kappa shape index (κ2) is 13.6. The van der Waals surface area contributed by atoms with Crippen LogP contribution in [0, 0.1) is 0 Å². The van der Waals surface area contributed by atoms with Crippen LogP contribution in [0.4, 0.5) is 0 Å². The van der Waals surface area contributed by atoms with E-state index in [9.17, 15) is 0 Å². The van der Waals surface area contributed by atoms with Crippen LogP contribution in [0.15, 0.2) is 219 Å². The van der Waals surface area contributed by atoms with E-state index in [2.05, 4.69) is 221 Å². The van der Waals surface area contributed by atoms with E-state index in [1.165, 1.54) is 66.0 Å². The summed E-state index contributed by atoms with van der Waals surface area (Å²) in [6.45, 7) is 0. The van der Waals surface area contributed by atoms with Crippen molar-refractivity contribution in [2.24, 2.45) is 0 Å². The Labute approximate surface area is 358 Å². The van der Waals surface area contributed by atoms with Crippen molar-refractivity contribution in [3.05, 3.63) is 219 Å². The standard InChI is InChI=1S/C58H36N4/c1-2-15-37(16-3-1)38-29-31-40(32-30-38)61-51-27-12-10-25-48(51)55-53(61)33-34-54-56(55)49-26-11-13-28-52(49)62(54)41-18-14-17-39(35-41)58-59-36-50-46-23-7-6-21-44(46)42-19-4-5-20-43(42)45-22-8-9-24-47(45)57(50)60-58/h1-36H. The van der Waals surface area contributed by atoms with Crippen molar-refractivity contribution >= 4 is 43.6 Å². The lowest BCUT2D eigenvalue weighted by atomic mass is 9.83. The Morgan fingerprint density at radius 1 is 0.306 bits per heavy atom. The molecule has 13 rings (SSSR count). The quantitative estimate of drug-likeness (QED) is 0.178. The molecule has 0 saturated carbocycles. The smallest absolute Gasteiger partial charge is 0.159 e. The van der Waals surface area contributed by atoms with Crippen LogP contribution in [-0.2, 0) is 0 Å². The van der Waals surface area contributed by atoms with E-state index in [1.807, 2.05) is 6.20 Å². The summed E-state index contributed by atoms with van der Waals surface area (Å²) in [7, 11) is 0. The molecule has 0 fully saturated rings. The van der Waals surface area contributed by atoms with Crippen LogP contribution < -0.4 is 0 Å². The molecule has 12 aromatic rings. The van der Waals surface area contributed by atoms with E-state index in [0.717, 1.165) is 50.4 Å². The zero-order chi connectivity index (χ0) is 40.7. The van der Waals surface area contributed by atoms with Crippen molar-refractivity contribution in [1.29, 1.82) is 0 Å². The number of hydrogen-bond donors (Lipinski definition) is 0. The molecule has 0 bridgehead atoms. The van der Waals surface area contributed by atoms with Gasteiger partial charge in [0.05, 0.1) is 27.8 Å². The Morgan fingerprint density at radius 3 is 1.39 bits per heavy atom. The van der Waals surface area contributed by atoms with Crippen molar-refractivity contribution in [3.8, 4) is 78.5 Å². The lowest BCUT2D eigenvalue weighted by molar-refractivity contribution is 1.15. The van der Waals surface area contributed by atoms with E-state index in [1.54, 1.807) is 0 Å². The molecule has 4 heteroatoms. The molecule has 0 atom stereocenters. The van der Waals surface area contributed by atoms with Gasteiger partial charge >= 0.3 is 0 Å². The van der Waals surface area contributed by atoms with Crippen LogP contribution in [0.25, 0.3) is 122 Å². The summed E-state index contributed by atoms with van der Waals surface area (Å²) < 4.78 is 4.82. The van der Waals surface area contributed by atoms with Crippen LogP contribution in [0.2, 0.25) is 0 Å². The maximum atomic E-state index is 5.45. The summed E-state index contributed by atoms with van der Waals surface area (Å²) in [6, 6.07) is 76.4. The minimum atomic E-state index is 0.691. The fourth-order valence-corrected chi connectivity index (χ4v) is 10.0. The van der Waals surface area contributed by atoms with Crippen molar-refractivity contribution < 1.29 is 0 Å². The van der Waals surface area contributed by atoms with Gasteiger partial charge in [0.2, 0.25) is 0 Å². The highest BCUT2D eigenvalue weighted by Crippen LogP contribution is 2.47. The summed E-state index contributed by atoms with van der Waals surface area (Å²) in [5.41, 5.74) is 19.2. The molecule has 0 radical (unpaired) electrons. The van der Waals surface area contributed by atoms with Crippen LogP contribution >= 0.6 is 0 Å². The highest BCUT2D eigenvalue weighted by atomic mass is 15.0. The van der Waals surface area contributed by atoms with Gasteiger partial charge in [0.1, 0.15) is 0 Å². The van der Waals surface area contributed by atoms with Crippen LogP contribution in [0.1, 0.15) is 0 Å². The molecule has 288 valence electrons. The Morgan fingerprint density at radius 2 is 0.774 bits per heavy atom. The molecule has 1 aliphatic rings. The lowest BCUT2D eigenvalue weighted by Gasteiger charge is -2.22. The van der Waals surface area contributed by atoms with Gasteiger partial charge in [-0.3, -0.25) is 0 Å². The molecule has 3 heterocycles. The molecule has 62 heavy (non-hydrogen) atoms. The van der Waals surface area contributed by atoms with Crippen LogP contribution in [-0.4, -0.2) is 19.1 Å². The van der Waals surface area contributed by atoms with Gasteiger partial charge in [0.25, 0.3) is 0 Å². The predicted octanol–water partition coefficient (Wildman–Crippen LogP) is 15.0. The largest absolute Gasteiger partial charge is 0.309 e. The summed E-state index contributed by atoms with van der Waals surface area (Å²) >= 11 is 0. The van der Waals surface area contributed by atoms with Crippen molar-refractivity contribution in [2.45, 2.75) is 0 Å². The third-order valence-electron chi connectivity index (χ3n) is 12.8. The van der Waals surface area contributed by atoms with Crippen molar-refractivity contribution in [2.75, 3.05) is 0 Å². The first-order valence-electron chi connectivity index (χ1n) is 21.2. The first-order chi connectivity index (χ1) is 30.8. The van der Waals surface area contributed by atoms with Gasteiger partial charge in [-0.15, -0.1) is 0 Å².